The van der Waals surface area contributed by atoms with Crippen LogP contribution in [0.15, 0.2) is 24.3 Å². The average molecular weight is 445 g/mol. The van der Waals surface area contributed by atoms with Crippen LogP contribution in [-0.2, 0) is 11.2 Å². The summed E-state index contributed by atoms with van der Waals surface area (Å²) in [7, 11) is 1.68. The van der Waals surface area contributed by atoms with Crippen LogP contribution in [0.5, 0.6) is 0 Å². The molecule has 0 saturated heterocycles. The normalized spacial score (nSPS) is 26.8. The predicted molar refractivity (Wildman–Crippen MR) is 117 cm³/mol. The molecule has 2 rings (SSSR count). The zero-order valence-corrected chi connectivity index (χ0v) is 18.7. The van der Waals surface area contributed by atoms with E-state index in [-0.39, 0.29) is 29.4 Å². The first-order chi connectivity index (χ1) is 13.8. The zero-order chi connectivity index (χ0) is 21.4. The maximum atomic E-state index is 11.0. The fourth-order valence-electron chi connectivity index (χ4n) is 4.03. The molecule has 1 fully saturated rings. The van der Waals surface area contributed by atoms with E-state index in [1.807, 2.05) is 12.1 Å². The van der Waals surface area contributed by atoms with Crippen molar-refractivity contribution in [2.75, 3.05) is 7.11 Å². The smallest absolute Gasteiger partial charge is 0.345 e. The van der Waals surface area contributed by atoms with Crippen LogP contribution in [-0.4, -0.2) is 52.1 Å². The Morgan fingerprint density at radius 1 is 1.38 bits per heavy atom. The Morgan fingerprint density at radius 3 is 2.76 bits per heavy atom. The largest absolute Gasteiger partial charge is 0.477 e. The minimum atomic E-state index is -0.882. The van der Waals surface area contributed by atoms with E-state index in [1.165, 1.54) is 11.3 Å². The number of carbonyl (C=O) groups is 1. The molecule has 1 unspecified atom stereocenters. The highest BCUT2D eigenvalue weighted by Crippen LogP contribution is 2.40. The minimum absolute atomic E-state index is 0.00447. The molecule has 0 aromatic carbocycles. The predicted octanol–water partition coefficient (Wildman–Crippen LogP) is 4.50. The van der Waals surface area contributed by atoms with Crippen LogP contribution in [0.3, 0.4) is 0 Å². The van der Waals surface area contributed by atoms with Crippen molar-refractivity contribution < 1.29 is 24.9 Å². The maximum absolute atomic E-state index is 11.0. The number of aromatic carboxylic acids is 1. The Hall–Kier alpha value is -0.920. The van der Waals surface area contributed by atoms with Gasteiger partial charge in [-0.2, -0.15) is 0 Å². The van der Waals surface area contributed by atoms with Crippen LogP contribution in [0.25, 0.3) is 0 Å². The summed E-state index contributed by atoms with van der Waals surface area (Å²) in [4.78, 5) is 12.4. The summed E-state index contributed by atoms with van der Waals surface area (Å²) in [5.74, 6) is -0.686. The molecule has 1 heterocycles. The topological polar surface area (TPSA) is 87.0 Å². The number of hydrogen-bond acceptors (Lipinski definition) is 5. The second-order valence-corrected chi connectivity index (χ2v) is 9.69. The van der Waals surface area contributed by atoms with E-state index in [9.17, 15) is 15.0 Å². The summed E-state index contributed by atoms with van der Waals surface area (Å²) in [5.41, 5.74) is 0. The van der Waals surface area contributed by atoms with Gasteiger partial charge in [-0.15, -0.1) is 22.9 Å². The van der Waals surface area contributed by atoms with Gasteiger partial charge in [-0.3, -0.25) is 0 Å². The number of methoxy groups -OCH3 is 1. The lowest BCUT2D eigenvalue weighted by Crippen LogP contribution is -2.20. The Balaban J connectivity index is 1.88. The molecule has 0 spiro atoms. The van der Waals surface area contributed by atoms with Crippen molar-refractivity contribution in [3.05, 3.63) is 34.0 Å². The van der Waals surface area contributed by atoms with Gasteiger partial charge in [0.05, 0.1) is 18.3 Å². The highest BCUT2D eigenvalue weighted by Gasteiger charge is 2.39. The number of halogens is 1. The molecule has 1 aliphatic rings. The summed E-state index contributed by atoms with van der Waals surface area (Å²) in [6.45, 7) is 1.79. The van der Waals surface area contributed by atoms with Gasteiger partial charge in [0.15, 0.2) is 0 Å². The molecule has 1 aliphatic carbocycles. The molecule has 0 bridgehead atoms. The maximum Gasteiger partial charge on any atom is 0.345 e. The number of aliphatic hydroxyl groups is 2. The lowest BCUT2D eigenvalue weighted by Gasteiger charge is -2.21. The third kappa shape index (κ3) is 7.68. The van der Waals surface area contributed by atoms with Crippen molar-refractivity contribution in [1.29, 1.82) is 0 Å². The van der Waals surface area contributed by atoms with Crippen LogP contribution in [0.1, 0.15) is 60.0 Å². The van der Waals surface area contributed by atoms with Gasteiger partial charge in [0.2, 0.25) is 0 Å². The Labute approximate surface area is 182 Å². The third-order valence-electron chi connectivity index (χ3n) is 5.66. The van der Waals surface area contributed by atoms with Gasteiger partial charge < -0.3 is 20.1 Å². The number of ether oxygens (including phenoxy) is 1. The SMILES string of the molecule is COC(/C=C/[C@@H]1[C@@H](CCCc2ccc(C(=O)O)s2)[C@H](Cl)C[C@H]1O)CCC[C@@H](C)O. The van der Waals surface area contributed by atoms with E-state index in [0.717, 1.165) is 43.4 Å². The van der Waals surface area contributed by atoms with Crippen molar-refractivity contribution in [2.24, 2.45) is 11.8 Å². The molecule has 6 atom stereocenters. The third-order valence-corrected chi connectivity index (χ3v) is 7.30. The number of hydrogen-bond donors (Lipinski definition) is 3. The standard InChI is InChI=1S/C22H33ClO5S/c1-14(24)5-3-6-15(28-2)9-11-18-17(19(23)13-20(18)25)8-4-7-16-10-12-21(29-16)22(26)27/h9-12,14-15,17-20,24-25H,3-8,13H2,1-2H3,(H,26,27)/b11-9+/t14-,15?,17-,18-,19-,20-/m1/s1. The Bertz CT molecular complexity index is 659. The second kappa shape index (κ2) is 12.1. The van der Waals surface area contributed by atoms with Crippen LogP contribution in [0.4, 0.5) is 0 Å². The summed E-state index contributed by atoms with van der Waals surface area (Å²) in [6.07, 6.45) is 8.97. The fraction of sp³-hybridized carbons (Fsp3) is 0.682. The molecule has 0 aliphatic heterocycles. The zero-order valence-electron chi connectivity index (χ0n) is 17.2. The van der Waals surface area contributed by atoms with Crippen LogP contribution in [0, 0.1) is 11.8 Å². The molecular weight excluding hydrogens is 412 g/mol. The molecule has 1 aromatic rings. The molecule has 5 nitrogen and oxygen atoms in total. The lowest BCUT2D eigenvalue weighted by atomic mass is 9.89. The number of aliphatic hydroxyl groups excluding tert-OH is 2. The van der Waals surface area contributed by atoms with Crippen molar-refractivity contribution in [3.63, 3.8) is 0 Å². The van der Waals surface area contributed by atoms with E-state index in [0.29, 0.717) is 11.3 Å². The van der Waals surface area contributed by atoms with Gasteiger partial charge in [-0.1, -0.05) is 12.2 Å². The first-order valence-corrected chi connectivity index (χ1v) is 11.6. The highest BCUT2D eigenvalue weighted by molar-refractivity contribution is 7.13. The van der Waals surface area contributed by atoms with E-state index >= 15 is 0 Å². The highest BCUT2D eigenvalue weighted by atomic mass is 35.5. The number of aryl methyl sites for hydroxylation is 1. The first-order valence-electron chi connectivity index (χ1n) is 10.3. The number of alkyl halides is 1. The summed E-state index contributed by atoms with van der Waals surface area (Å²) >= 11 is 7.86. The van der Waals surface area contributed by atoms with Gasteiger partial charge in [-0.05, 0) is 69.9 Å². The van der Waals surface area contributed by atoms with Gasteiger partial charge in [0, 0.05) is 23.3 Å². The van der Waals surface area contributed by atoms with E-state index in [1.54, 1.807) is 20.1 Å². The van der Waals surface area contributed by atoms with Gasteiger partial charge in [0.1, 0.15) is 4.88 Å². The summed E-state index contributed by atoms with van der Waals surface area (Å²) in [6, 6.07) is 3.53. The van der Waals surface area contributed by atoms with Crippen molar-refractivity contribution in [1.82, 2.24) is 0 Å². The van der Waals surface area contributed by atoms with Crippen LogP contribution < -0.4 is 0 Å². The van der Waals surface area contributed by atoms with Gasteiger partial charge in [-0.25, -0.2) is 4.79 Å². The van der Waals surface area contributed by atoms with Crippen molar-refractivity contribution in [3.8, 4) is 0 Å². The number of carboxylic acids is 1. The Morgan fingerprint density at radius 2 is 2.14 bits per heavy atom. The molecule has 7 heteroatoms. The van der Waals surface area contributed by atoms with Crippen LogP contribution in [0.2, 0.25) is 0 Å². The lowest BCUT2D eigenvalue weighted by molar-refractivity contribution is 0.0702. The van der Waals surface area contributed by atoms with Crippen molar-refractivity contribution in [2.45, 2.75) is 75.6 Å². The minimum Gasteiger partial charge on any atom is -0.477 e. The number of carboxylic acid groups (broad SMARTS) is 1. The molecule has 3 N–H and O–H groups in total. The molecular formula is C22H33ClO5S. The van der Waals surface area contributed by atoms with E-state index in [2.05, 4.69) is 6.08 Å². The molecule has 0 amide bonds. The quantitative estimate of drug-likeness (QED) is 0.326. The number of thiophene rings is 1. The summed E-state index contributed by atoms with van der Waals surface area (Å²) < 4.78 is 5.52. The van der Waals surface area contributed by atoms with E-state index < -0.39 is 12.1 Å². The molecule has 164 valence electrons. The van der Waals surface area contributed by atoms with Crippen molar-refractivity contribution >= 4 is 28.9 Å². The monoisotopic (exact) mass is 444 g/mol. The van der Waals surface area contributed by atoms with Gasteiger partial charge >= 0.3 is 5.97 Å². The Kier molecular flexibility index (Phi) is 10.1. The fourth-order valence-corrected chi connectivity index (χ4v) is 5.40. The van der Waals surface area contributed by atoms with E-state index in [4.69, 9.17) is 21.4 Å². The molecule has 1 aromatic heterocycles. The first kappa shape index (κ1) is 24.4. The average Bonchev–Trinajstić information content (AvgIpc) is 3.23. The molecule has 1 saturated carbocycles. The number of rotatable bonds is 12. The molecule has 0 radical (unpaired) electrons. The second-order valence-electron chi connectivity index (χ2n) is 7.96. The molecule has 29 heavy (non-hydrogen) atoms. The summed E-state index contributed by atoms with van der Waals surface area (Å²) in [5, 5.41) is 28.8. The van der Waals surface area contributed by atoms with Crippen LogP contribution >= 0.6 is 22.9 Å². The van der Waals surface area contributed by atoms with Gasteiger partial charge in [0.25, 0.3) is 0 Å².